The molecule has 0 saturated carbocycles. The first-order valence-electron chi connectivity index (χ1n) is 8.70. The molecule has 164 valence electrons. The van der Waals surface area contributed by atoms with E-state index in [0.717, 1.165) is 0 Å². The Kier molecular flexibility index (Phi) is 10.5. The lowest BCUT2D eigenvalue weighted by Gasteiger charge is -2.29. The molecule has 13 nitrogen and oxygen atoms in total. The summed E-state index contributed by atoms with van der Waals surface area (Å²) in [7, 11) is 0. The highest BCUT2D eigenvalue weighted by molar-refractivity contribution is 6.02. The van der Waals surface area contributed by atoms with Gasteiger partial charge in [0.1, 0.15) is 18.1 Å². The summed E-state index contributed by atoms with van der Waals surface area (Å²) in [6, 6.07) is -5.43. The number of amides is 4. The summed E-state index contributed by atoms with van der Waals surface area (Å²) in [5, 5.41) is 20.1. The third kappa shape index (κ3) is 8.66. The second kappa shape index (κ2) is 11.7. The van der Waals surface area contributed by atoms with Crippen molar-refractivity contribution in [2.45, 2.75) is 63.7 Å². The zero-order valence-corrected chi connectivity index (χ0v) is 16.2. The van der Waals surface area contributed by atoms with Crippen molar-refractivity contribution < 1.29 is 39.0 Å². The lowest BCUT2D eigenvalue weighted by atomic mass is 10.1. The van der Waals surface area contributed by atoms with Gasteiger partial charge in [-0.25, -0.2) is 4.79 Å². The number of aliphatic carboxylic acids is 2. The van der Waals surface area contributed by atoms with Crippen LogP contribution in [0.2, 0.25) is 0 Å². The molecule has 0 unspecified atom stereocenters. The van der Waals surface area contributed by atoms with E-state index in [-0.39, 0.29) is 19.3 Å². The number of rotatable bonds is 12. The highest BCUT2D eigenvalue weighted by Gasteiger charge is 2.34. The van der Waals surface area contributed by atoms with E-state index in [0.29, 0.717) is 4.90 Å². The van der Waals surface area contributed by atoms with Crippen LogP contribution in [0.4, 0.5) is 0 Å². The number of carbonyl (C=O) groups excluding carboxylic acids is 4. The van der Waals surface area contributed by atoms with Gasteiger partial charge in [0.2, 0.25) is 23.6 Å². The topological polar surface area (TPSA) is 236 Å². The molecule has 0 aromatic carbocycles. The molecule has 0 fully saturated rings. The van der Waals surface area contributed by atoms with Gasteiger partial charge in [-0.2, -0.15) is 0 Å². The van der Waals surface area contributed by atoms with E-state index in [1.807, 2.05) is 0 Å². The summed E-state index contributed by atoms with van der Waals surface area (Å²) >= 11 is 0. The van der Waals surface area contributed by atoms with E-state index in [9.17, 15) is 28.8 Å². The molecule has 0 spiro atoms. The van der Waals surface area contributed by atoms with E-state index in [4.69, 9.17) is 27.4 Å². The highest BCUT2D eigenvalue weighted by atomic mass is 16.4. The van der Waals surface area contributed by atoms with Crippen LogP contribution in [0.15, 0.2) is 0 Å². The van der Waals surface area contributed by atoms with E-state index in [2.05, 4.69) is 5.32 Å². The zero-order valence-electron chi connectivity index (χ0n) is 16.2. The van der Waals surface area contributed by atoms with Crippen molar-refractivity contribution in [1.29, 1.82) is 0 Å². The minimum atomic E-state index is -1.47. The molecule has 9 N–H and O–H groups in total. The Labute approximate surface area is 166 Å². The maximum atomic E-state index is 12.4. The fourth-order valence-electron chi connectivity index (χ4n) is 2.23. The fraction of sp³-hybridized carbons (Fsp3) is 0.625. The molecule has 4 atom stereocenters. The van der Waals surface area contributed by atoms with Crippen LogP contribution in [-0.4, -0.2) is 74.8 Å². The second-order valence-corrected chi connectivity index (χ2v) is 6.45. The molecule has 13 heteroatoms. The molecule has 0 aliphatic heterocycles. The molecular formula is C16H27N5O8. The standard InChI is InChI=1S/C16H27N5O8/c1-7(17)14(25)21(12(23)6-3-9(18)15(26)27)8(2)13(24)20-10(16(28)29)4-5-11(19)22/h7-10H,3-6,17-18H2,1-2H3,(H2,19,22)(H,20,24)(H,26,27)(H,28,29)/t7-,8-,9-,10-/m0/s1. The maximum Gasteiger partial charge on any atom is 0.326 e. The van der Waals surface area contributed by atoms with Crippen LogP contribution >= 0.6 is 0 Å². The number of imide groups is 1. The van der Waals surface area contributed by atoms with Crippen molar-refractivity contribution >= 4 is 35.6 Å². The van der Waals surface area contributed by atoms with Crippen molar-refractivity contribution in [3.8, 4) is 0 Å². The van der Waals surface area contributed by atoms with E-state index in [1.165, 1.54) is 13.8 Å². The molecule has 0 aromatic rings. The molecule has 0 rings (SSSR count). The minimum absolute atomic E-state index is 0.286. The number of primary amides is 1. The summed E-state index contributed by atoms with van der Waals surface area (Å²) in [5.41, 5.74) is 15.8. The Balaban J connectivity index is 5.39. The molecule has 0 aliphatic carbocycles. The van der Waals surface area contributed by atoms with Crippen molar-refractivity contribution in [3.05, 3.63) is 0 Å². The van der Waals surface area contributed by atoms with Crippen LogP contribution in [0.25, 0.3) is 0 Å². The van der Waals surface area contributed by atoms with Gasteiger partial charge in [-0.1, -0.05) is 0 Å². The van der Waals surface area contributed by atoms with Crippen LogP contribution in [0, 0.1) is 0 Å². The van der Waals surface area contributed by atoms with E-state index < -0.39 is 66.2 Å². The molecule has 4 amide bonds. The Hall–Kier alpha value is -3.06. The van der Waals surface area contributed by atoms with Gasteiger partial charge in [0.05, 0.1) is 6.04 Å². The number of carboxylic acids is 2. The summed E-state index contributed by atoms with van der Waals surface area (Å²) < 4.78 is 0. The minimum Gasteiger partial charge on any atom is -0.480 e. The first-order chi connectivity index (χ1) is 13.3. The lowest BCUT2D eigenvalue weighted by molar-refractivity contribution is -0.152. The van der Waals surface area contributed by atoms with E-state index >= 15 is 0 Å². The summed E-state index contributed by atoms with van der Waals surface area (Å²) in [6.07, 6.45) is -1.33. The molecule has 0 aliphatic rings. The largest absolute Gasteiger partial charge is 0.480 e. The average molecular weight is 417 g/mol. The van der Waals surface area contributed by atoms with E-state index in [1.54, 1.807) is 0 Å². The lowest BCUT2D eigenvalue weighted by Crippen LogP contribution is -2.57. The number of nitrogens with one attached hydrogen (secondary N) is 1. The molecule has 0 saturated heterocycles. The van der Waals surface area contributed by atoms with Gasteiger partial charge < -0.3 is 32.7 Å². The number of hydrogen-bond acceptors (Lipinski definition) is 8. The first-order valence-corrected chi connectivity index (χ1v) is 8.70. The van der Waals surface area contributed by atoms with Gasteiger partial charge in [-0.05, 0) is 26.7 Å². The molecular weight excluding hydrogens is 390 g/mol. The summed E-state index contributed by atoms with van der Waals surface area (Å²) in [5.74, 6) is -6.33. The molecule has 0 radical (unpaired) electrons. The third-order valence-electron chi connectivity index (χ3n) is 3.94. The SMILES string of the molecule is C[C@H](N)C(=O)N(C(=O)CC[C@H](N)C(=O)O)[C@@H](C)C(=O)N[C@@H](CCC(N)=O)C(=O)O. The third-order valence-corrected chi connectivity index (χ3v) is 3.94. The zero-order chi connectivity index (χ0) is 22.9. The van der Waals surface area contributed by atoms with Gasteiger partial charge in [-0.15, -0.1) is 0 Å². The predicted octanol–water partition coefficient (Wildman–Crippen LogP) is -2.90. The maximum absolute atomic E-state index is 12.4. The molecule has 29 heavy (non-hydrogen) atoms. The summed E-state index contributed by atoms with van der Waals surface area (Å²) in [4.78, 5) is 70.6. The van der Waals surface area contributed by atoms with Crippen molar-refractivity contribution in [3.63, 3.8) is 0 Å². The van der Waals surface area contributed by atoms with Crippen LogP contribution in [-0.2, 0) is 28.8 Å². The first kappa shape index (κ1) is 25.9. The number of nitrogens with zero attached hydrogens (tertiary/aromatic N) is 1. The number of carboxylic acid groups (broad SMARTS) is 2. The van der Waals surface area contributed by atoms with Gasteiger partial charge in [0, 0.05) is 12.8 Å². The predicted molar refractivity (Wildman–Crippen MR) is 97.8 cm³/mol. The molecule has 0 heterocycles. The second-order valence-electron chi connectivity index (χ2n) is 6.45. The van der Waals surface area contributed by atoms with Gasteiger partial charge in [0.25, 0.3) is 0 Å². The Morgan fingerprint density at radius 3 is 1.90 bits per heavy atom. The van der Waals surface area contributed by atoms with Gasteiger partial charge in [-0.3, -0.25) is 28.9 Å². The van der Waals surface area contributed by atoms with Crippen LogP contribution in [0.3, 0.4) is 0 Å². The quantitative estimate of drug-likeness (QED) is 0.189. The average Bonchev–Trinajstić information content (AvgIpc) is 2.61. The Morgan fingerprint density at radius 2 is 1.48 bits per heavy atom. The van der Waals surface area contributed by atoms with Crippen molar-refractivity contribution in [2.75, 3.05) is 0 Å². The monoisotopic (exact) mass is 417 g/mol. The summed E-state index contributed by atoms with van der Waals surface area (Å²) in [6.45, 7) is 2.46. The van der Waals surface area contributed by atoms with Crippen molar-refractivity contribution in [2.24, 2.45) is 17.2 Å². The van der Waals surface area contributed by atoms with Crippen LogP contribution in [0.5, 0.6) is 0 Å². The smallest absolute Gasteiger partial charge is 0.326 e. The molecule has 0 aromatic heterocycles. The Morgan fingerprint density at radius 1 is 0.931 bits per heavy atom. The Bertz CT molecular complexity index is 666. The van der Waals surface area contributed by atoms with Crippen LogP contribution < -0.4 is 22.5 Å². The van der Waals surface area contributed by atoms with Crippen molar-refractivity contribution in [1.82, 2.24) is 10.2 Å². The number of carbonyl (C=O) groups is 6. The fourth-order valence-corrected chi connectivity index (χ4v) is 2.23. The van der Waals surface area contributed by atoms with Gasteiger partial charge in [0.15, 0.2) is 0 Å². The van der Waals surface area contributed by atoms with Crippen LogP contribution in [0.1, 0.15) is 39.5 Å². The van der Waals surface area contributed by atoms with Gasteiger partial charge >= 0.3 is 11.9 Å². The number of hydrogen-bond donors (Lipinski definition) is 6. The molecule has 0 bridgehead atoms. The normalized spacial score (nSPS) is 14.8. The number of nitrogens with two attached hydrogens (primary N) is 3. The highest BCUT2D eigenvalue weighted by Crippen LogP contribution is 2.10.